The van der Waals surface area contributed by atoms with Crippen molar-refractivity contribution < 1.29 is 58.7 Å². The van der Waals surface area contributed by atoms with Crippen molar-refractivity contribution >= 4 is 123 Å². The Balaban J connectivity index is 0.000000117. The van der Waals surface area contributed by atoms with Gasteiger partial charge in [0.05, 0.1) is 54.7 Å². The maximum atomic E-state index is 12.8. The highest BCUT2D eigenvalue weighted by Crippen LogP contribution is 2.52. The molecule has 3 spiro atoms. The highest BCUT2D eigenvalue weighted by Gasteiger charge is 2.51. The summed E-state index contributed by atoms with van der Waals surface area (Å²) in [7, 11) is 0. The van der Waals surface area contributed by atoms with Gasteiger partial charge in [-0.05, 0) is 122 Å². The van der Waals surface area contributed by atoms with E-state index in [4.69, 9.17) is 5.73 Å². The summed E-state index contributed by atoms with van der Waals surface area (Å²) in [6.07, 6.45) is 0.835. The zero-order valence-corrected chi connectivity index (χ0v) is 58.0. The second-order valence-corrected chi connectivity index (χ2v) is 32.5. The van der Waals surface area contributed by atoms with E-state index in [2.05, 4.69) is 95.5 Å². The summed E-state index contributed by atoms with van der Waals surface area (Å²) in [5.41, 5.74) is 15.3. The first kappa shape index (κ1) is 70.2. The predicted octanol–water partition coefficient (Wildman–Crippen LogP) is 13.0. The van der Waals surface area contributed by atoms with Gasteiger partial charge in [0.2, 0.25) is 17.7 Å². The Morgan fingerprint density at radius 2 is 0.825 bits per heavy atom. The van der Waals surface area contributed by atoms with Gasteiger partial charge in [-0.25, -0.2) is 29.9 Å². The molecule has 3 aliphatic carbocycles. The van der Waals surface area contributed by atoms with Gasteiger partial charge >= 0.3 is 18.5 Å². The molecule has 6 aromatic heterocycles. The molecule has 9 aliphatic rings. The number of amides is 3. The number of hydrogen-bond donors (Lipinski definition) is 6. The van der Waals surface area contributed by atoms with Crippen molar-refractivity contribution in [3.05, 3.63) is 140 Å². The van der Waals surface area contributed by atoms with Crippen LogP contribution in [0.5, 0.6) is 0 Å². The van der Waals surface area contributed by atoms with E-state index in [1.165, 1.54) is 19.0 Å². The first-order valence-electron chi connectivity index (χ1n) is 34.2. The van der Waals surface area contributed by atoms with Crippen molar-refractivity contribution in [3.8, 4) is 0 Å². The molecule has 19 nitrogen and oxygen atoms in total. The number of hydrogen-bond acceptors (Lipinski definition) is 19. The van der Waals surface area contributed by atoms with E-state index in [0.29, 0.717) is 51.4 Å². The molecule has 31 heteroatoms. The van der Waals surface area contributed by atoms with Gasteiger partial charge in [0, 0.05) is 124 Å². The number of anilines is 6. The second-order valence-electron chi connectivity index (χ2n) is 29.2. The number of aldehydes is 1. The molecule has 3 atom stereocenters. The van der Waals surface area contributed by atoms with E-state index in [1.54, 1.807) is 36.4 Å². The minimum Gasteiger partial charge on any atom is -0.355 e. The van der Waals surface area contributed by atoms with Gasteiger partial charge in [-0.3, -0.25) is 19.2 Å². The average molecular weight is 1480 g/mol. The van der Waals surface area contributed by atoms with Crippen LogP contribution in [0.3, 0.4) is 0 Å². The molecule has 9 aromatic rings. The molecule has 3 saturated carbocycles. The predicted molar refractivity (Wildman–Crippen MR) is 378 cm³/mol. The Kier molecular flexibility index (Phi) is 18.8. The largest absolute Gasteiger partial charge is 0.393 e. The number of alkyl halides is 9. The molecule has 0 bridgehead atoms. The fourth-order valence-electron chi connectivity index (χ4n) is 16.5. The number of carbonyl (C=O) groups is 4. The third-order valence-electron chi connectivity index (χ3n) is 21.1. The maximum absolute atomic E-state index is 12.8. The van der Waals surface area contributed by atoms with Gasteiger partial charge in [-0.1, -0.05) is 36.4 Å². The molecule has 12 heterocycles. The molecule has 3 amide bonds. The molecular weight excluding hydrogens is 1410 g/mol. The summed E-state index contributed by atoms with van der Waals surface area (Å²) in [5, 5.41) is 18.0. The Labute approximate surface area is 597 Å². The second kappa shape index (κ2) is 27.5. The Morgan fingerprint density at radius 3 is 1.17 bits per heavy atom. The van der Waals surface area contributed by atoms with Gasteiger partial charge in [-0.2, -0.15) is 39.5 Å². The number of nitrogens with two attached hydrogens (primary N) is 1. The van der Waals surface area contributed by atoms with E-state index < -0.39 is 37.8 Å². The van der Waals surface area contributed by atoms with Crippen LogP contribution in [0.2, 0.25) is 0 Å². The standard InChI is InChI=1S/2C24H24F3N5OS.C15H17F3N4S.C9H7NO2/c2*25-24(26,27)9-17-7-18-21(29-13-30-22(18)34-17)32-11-23(12-32)4-3-16(8-23)28-10-14-1-2-15-6-20(33)31-19(15)5-14;16-15(17,18)5-10-3-11-12(20-8-21-13(11)23-10)22-6-14(7-22)2-1-9(19)4-14;11-5-6-1-2-7-4-9(12)10-8(7)3-6/h2*1-2,5,7,13,16,28H,3-4,6,8-12H2,(H,31,33);3,8-9H,1-2,4-7,19H2;1-3,5H,4H2,(H,10,12)/t2*16-;;/m10../s1. The normalized spacial score (nSPS) is 20.9. The summed E-state index contributed by atoms with van der Waals surface area (Å²) >= 11 is 3.29. The van der Waals surface area contributed by atoms with Crippen molar-refractivity contribution in [2.24, 2.45) is 22.0 Å². The van der Waals surface area contributed by atoms with Crippen LogP contribution < -0.4 is 47.0 Å². The monoisotopic (exact) mass is 1480 g/mol. The lowest BCUT2D eigenvalue weighted by Gasteiger charge is -2.49. The molecule has 0 radical (unpaired) electrons. The molecule has 3 saturated heterocycles. The van der Waals surface area contributed by atoms with Crippen LogP contribution in [0.25, 0.3) is 30.6 Å². The first-order valence-corrected chi connectivity index (χ1v) is 36.7. The maximum Gasteiger partial charge on any atom is 0.393 e. The van der Waals surface area contributed by atoms with E-state index in [9.17, 15) is 58.7 Å². The number of rotatable bonds is 13. The molecule has 7 N–H and O–H groups in total. The highest BCUT2D eigenvalue weighted by atomic mass is 32.1. The summed E-state index contributed by atoms with van der Waals surface area (Å²) in [4.78, 5) is 79.3. The smallest absolute Gasteiger partial charge is 0.355 e. The number of fused-ring (bicyclic) bond motifs is 6. The Hall–Kier alpha value is -8.49. The summed E-state index contributed by atoms with van der Waals surface area (Å²) in [5.74, 6) is 2.34. The van der Waals surface area contributed by atoms with Crippen LogP contribution in [-0.4, -0.2) is 130 Å². The molecular formula is C72H72F9N15O4S3. The zero-order valence-electron chi connectivity index (χ0n) is 55.6. The van der Waals surface area contributed by atoms with Crippen LogP contribution >= 0.6 is 34.0 Å². The number of carbonyl (C=O) groups excluding carboxylic acids is 4. The third-order valence-corrected chi connectivity index (χ3v) is 24.2. The lowest BCUT2D eigenvalue weighted by molar-refractivity contribution is -0.127. The fourth-order valence-corrected chi connectivity index (χ4v) is 19.5. The quantitative estimate of drug-likeness (QED) is 0.0464. The molecule has 1 unspecified atom stereocenters. The highest BCUT2D eigenvalue weighted by molar-refractivity contribution is 7.19. The average Bonchev–Trinajstić information content (AvgIpc) is 1.65. The minimum absolute atomic E-state index is 0.00644. The van der Waals surface area contributed by atoms with Crippen LogP contribution in [0.1, 0.15) is 111 Å². The number of aromatic nitrogens is 6. The van der Waals surface area contributed by atoms with E-state index >= 15 is 0 Å². The number of halogens is 9. The molecule has 6 aliphatic heterocycles. The van der Waals surface area contributed by atoms with Crippen molar-refractivity contribution in [1.82, 2.24) is 40.5 Å². The van der Waals surface area contributed by atoms with Gasteiger partial charge in [0.1, 0.15) is 57.2 Å². The number of nitrogens with zero attached hydrogens (tertiary/aromatic N) is 9. The summed E-state index contributed by atoms with van der Waals surface area (Å²) in [6, 6.07) is 23.4. The van der Waals surface area contributed by atoms with Crippen molar-refractivity contribution in [2.45, 2.75) is 146 Å². The van der Waals surface area contributed by atoms with Gasteiger partial charge in [0.15, 0.2) is 0 Å². The summed E-state index contributed by atoms with van der Waals surface area (Å²) < 4.78 is 115. The van der Waals surface area contributed by atoms with E-state index in [1.807, 2.05) is 12.1 Å². The van der Waals surface area contributed by atoms with Crippen molar-refractivity contribution in [3.63, 3.8) is 0 Å². The van der Waals surface area contributed by atoms with Gasteiger partial charge in [0.25, 0.3) is 0 Å². The Bertz CT molecular complexity index is 4560. The van der Waals surface area contributed by atoms with Crippen LogP contribution in [-0.2, 0) is 66.0 Å². The van der Waals surface area contributed by atoms with Gasteiger partial charge < -0.3 is 47.0 Å². The van der Waals surface area contributed by atoms with E-state index in [-0.39, 0.29) is 54.6 Å². The first-order chi connectivity index (χ1) is 49.1. The SMILES string of the molecule is NC1CCC2(C1)CN(c1ncnc3sc(CC(F)(F)F)cc13)C2.O=C1Cc2ccc(CN[C@@H]3CCC4(C3)CN(c3ncnc5sc(CC(F)(F)F)cc35)C4)cc2N1.O=C1Cc2ccc(CN[C@H]3CCC4(C3)CN(c3ncnc5sc(CC(F)(F)F)cc35)C4)cc2N1.O=Cc1ccc2c(c1)NC(=O)C2. The van der Waals surface area contributed by atoms with Crippen molar-refractivity contribution in [1.29, 1.82) is 0 Å². The minimum atomic E-state index is -4.23. The van der Waals surface area contributed by atoms with E-state index in [0.717, 1.165) is 229 Å². The topological polar surface area (TPSA) is 242 Å². The molecule has 103 heavy (non-hydrogen) atoms. The molecule has 3 aromatic carbocycles. The van der Waals surface area contributed by atoms with Gasteiger partial charge in [-0.15, -0.1) is 34.0 Å². The van der Waals surface area contributed by atoms with Crippen LogP contribution in [0, 0.1) is 16.2 Å². The lowest BCUT2D eigenvalue weighted by atomic mass is 9.78. The number of thiophene rings is 3. The van der Waals surface area contributed by atoms with Crippen LogP contribution in [0.4, 0.5) is 74.0 Å². The molecule has 6 fully saturated rings. The van der Waals surface area contributed by atoms with Crippen LogP contribution in [0.15, 0.2) is 91.8 Å². The molecule has 18 rings (SSSR count). The number of benzene rings is 3. The fraction of sp³-hybridized carbons (Fsp3) is 0.444. The van der Waals surface area contributed by atoms with Crippen molar-refractivity contribution in [2.75, 3.05) is 69.9 Å². The summed E-state index contributed by atoms with van der Waals surface area (Å²) in [6.45, 7) is 6.76. The Morgan fingerprint density at radius 1 is 0.476 bits per heavy atom. The lowest BCUT2D eigenvalue weighted by Crippen LogP contribution is -2.56. The molecule has 540 valence electrons. The zero-order chi connectivity index (χ0) is 71.8. The third kappa shape index (κ3) is 15.8. The number of nitrogens with one attached hydrogen (secondary N) is 5.